The van der Waals surface area contributed by atoms with Gasteiger partial charge in [0.05, 0.1) is 13.0 Å². The molecule has 0 unspecified atom stereocenters. The number of benzene rings is 4. The Kier molecular flexibility index (Phi) is 9.55. The molecule has 0 radical (unpaired) electrons. The van der Waals surface area contributed by atoms with Gasteiger partial charge in [-0.1, -0.05) is 48.5 Å². The summed E-state index contributed by atoms with van der Waals surface area (Å²) in [6, 6.07) is 22.6. The van der Waals surface area contributed by atoms with E-state index in [0.29, 0.717) is 28.7 Å². The maximum Gasteiger partial charge on any atom is 0.424 e. The number of esters is 1. The predicted molar refractivity (Wildman–Crippen MR) is 172 cm³/mol. The number of carbonyl (C=O) groups is 3. The van der Waals surface area contributed by atoms with Crippen molar-refractivity contribution in [3.8, 4) is 16.9 Å². The molecule has 2 amide bonds. The molecule has 0 spiro atoms. The Morgan fingerprint density at radius 3 is 2.06 bits per heavy atom. The minimum Gasteiger partial charge on any atom is -0.447 e. The second-order valence-corrected chi connectivity index (χ2v) is 11.6. The topological polar surface area (TPSA) is 93.1 Å². The third-order valence-electron chi connectivity index (χ3n) is 8.64. The lowest BCUT2D eigenvalue weighted by molar-refractivity contribution is -0.135. The third-order valence-corrected chi connectivity index (χ3v) is 8.64. The molecule has 1 heterocycles. The number of ether oxygens (including phenoxy) is 2. The van der Waals surface area contributed by atoms with Crippen LogP contribution in [0.2, 0.25) is 0 Å². The van der Waals surface area contributed by atoms with Crippen molar-refractivity contribution in [1.82, 2.24) is 14.6 Å². The van der Waals surface area contributed by atoms with Gasteiger partial charge in [-0.05, 0) is 46.5 Å². The number of rotatable bonds is 11. The first kappa shape index (κ1) is 34.1. The molecule has 0 atom stereocenters. The fourth-order valence-electron chi connectivity index (χ4n) is 6.09. The van der Waals surface area contributed by atoms with Crippen LogP contribution in [0.5, 0.6) is 5.75 Å². The van der Waals surface area contributed by atoms with Gasteiger partial charge in [0.25, 0.3) is 0 Å². The van der Waals surface area contributed by atoms with Crippen LogP contribution in [0, 0.1) is 29.1 Å². The van der Waals surface area contributed by atoms with E-state index in [9.17, 15) is 36.3 Å². The van der Waals surface area contributed by atoms with E-state index in [1.807, 2.05) is 48.5 Å². The van der Waals surface area contributed by atoms with Crippen molar-refractivity contribution in [2.75, 3.05) is 26.0 Å². The summed E-state index contributed by atoms with van der Waals surface area (Å²) in [6.07, 6.45) is -0.650. The fourth-order valence-corrected chi connectivity index (χ4v) is 6.09. The van der Waals surface area contributed by atoms with Crippen LogP contribution in [0.25, 0.3) is 22.0 Å². The van der Waals surface area contributed by atoms with E-state index in [1.54, 1.807) is 40.9 Å². The minimum atomic E-state index is -2.38. The van der Waals surface area contributed by atoms with Crippen molar-refractivity contribution in [1.29, 1.82) is 0 Å². The van der Waals surface area contributed by atoms with E-state index in [-0.39, 0.29) is 25.6 Å². The van der Waals surface area contributed by atoms with E-state index in [1.165, 1.54) is 12.1 Å². The highest BCUT2D eigenvalue weighted by molar-refractivity contribution is 5.87. The number of aryl methyl sites for hydroxylation is 1. The number of hydrogen-bond donors (Lipinski definition) is 1. The van der Waals surface area contributed by atoms with Crippen molar-refractivity contribution in [2.24, 2.45) is 0 Å². The number of carbonyl (C=O) groups excluding carboxylic acids is 3. The second-order valence-electron chi connectivity index (χ2n) is 11.6. The van der Waals surface area contributed by atoms with E-state index in [4.69, 9.17) is 4.74 Å². The summed E-state index contributed by atoms with van der Waals surface area (Å²) >= 11 is 0. The summed E-state index contributed by atoms with van der Waals surface area (Å²) in [7, 11) is 3.17. The molecule has 50 heavy (non-hydrogen) atoms. The molecule has 0 bridgehead atoms. The lowest BCUT2D eigenvalue weighted by Gasteiger charge is -2.28. The molecule has 0 aliphatic heterocycles. The summed E-state index contributed by atoms with van der Waals surface area (Å²) in [4.78, 5) is 36.9. The number of nitrogens with one attached hydrogen (secondary N) is 1. The molecule has 5 aromatic rings. The molecule has 1 aromatic heterocycles. The summed E-state index contributed by atoms with van der Waals surface area (Å²) in [5, 5.41) is 6.04. The van der Waals surface area contributed by atoms with Crippen LogP contribution >= 0.6 is 0 Å². The minimum absolute atomic E-state index is 0.0957. The molecule has 1 aliphatic carbocycles. The lowest BCUT2D eigenvalue weighted by atomic mass is 9.98. The number of hydrazine groups is 1. The largest absolute Gasteiger partial charge is 0.447 e. The van der Waals surface area contributed by atoms with Crippen LogP contribution in [0.4, 0.5) is 32.4 Å². The molecule has 0 saturated carbocycles. The van der Waals surface area contributed by atoms with E-state index in [0.717, 1.165) is 22.3 Å². The van der Waals surface area contributed by atoms with Crippen LogP contribution in [0.1, 0.15) is 29.2 Å². The number of nitrogens with zero attached hydrogens (tertiary/aromatic N) is 3. The van der Waals surface area contributed by atoms with Gasteiger partial charge in [0.2, 0.25) is 41.2 Å². The molecule has 14 heteroatoms. The first-order valence-electron chi connectivity index (χ1n) is 15.3. The maximum absolute atomic E-state index is 14.1. The number of anilines is 1. The van der Waals surface area contributed by atoms with Crippen LogP contribution in [-0.4, -0.2) is 53.8 Å². The molecule has 0 fully saturated rings. The van der Waals surface area contributed by atoms with Crippen molar-refractivity contribution in [3.05, 3.63) is 119 Å². The Morgan fingerprint density at radius 2 is 1.44 bits per heavy atom. The molecule has 258 valence electrons. The molecular weight excluding hydrogens is 663 g/mol. The summed E-state index contributed by atoms with van der Waals surface area (Å²) < 4.78 is 81.0. The van der Waals surface area contributed by atoms with Gasteiger partial charge in [-0.15, -0.1) is 0 Å². The Labute approximate surface area is 282 Å². The molecule has 1 aliphatic rings. The highest BCUT2D eigenvalue weighted by atomic mass is 19.2. The number of fused-ring (bicyclic) bond motifs is 4. The summed E-state index contributed by atoms with van der Waals surface area (Å²) in [6.45, 7) is 0.0531. The molecule has 9 nitrogen and oxygen atoms in total. The average molecular weight is 693 g/mol. The van der Waals surface area contributed by atoms with Crippen LogP contribution in [-0.2, 0) is 27.4 Å². The lowest BCUT2D eigenvalue weighted by Crippen LogP contribution is -2.41. The Morgan fingerprint density at radius 1 is 0.840 bits per heavy atom. The Balaban J connectivity index is 1.18. The van der Waals surface area contributed by atoms with Crippen LogP contribution in [0.3, 0.4) is 0 Å². The molecule has 1 N–H and O–H groups in total. The van der Waals surface area contributed by atoms with Crippen LogP contribution in [0.15, 0.2) is 72.8 Å². The normalized spacial score (nSPS) is 12.2. The van der Waals surface area contributed by atoms with Crippen molar-refractivity contribution in [3.63, 3.8) is 0 Å². The SMILES string of the molecule is CN(Cc1cc2cc(NC=O)ccc2n1CCC(=O)Oc1c(F)c(F)c(F)c(F)c1F)N(C)C(=O)OCC1c2ccccc2-c2ccccc21. The summed E-state index contributed by atoms with van der Waals surface area (Å²) in [5.41, 5.74) is 5.92. The van der Waals surface area contributed by atoms with Crippen molar-refractivity contribution < 1.29 is 45.8 Å². The van der Waals surface area contributed by atoms with Gasteiger partial charge in [-0.2, -0.15) is 8.78 Å². The van der Waals surface area contributed by atoms with E-state index >= 15 is 0 Å². The Bertz CT molecular complexity index is 2060. The van der Waals surface area contributed by atoms with Gasteiger partial charge in [0.15, 0.2) is 0 Å². The van der Waals surface area contributed by atoms with Gasteiger partial charge >= 0.3 is 12.1 Å². The zero-order valence-corrected chi connectivity index (χ0v) is 26.7. The highest BCUT2D eigenvalue weighted by Crippen LogP contribution is 2.44. The van der Waals surface area contributed by atoms with Crippen molar-refractivity contribution >= 4 is 35.1 Å². The Hall–Kier alpha value is -5.76. The van der Waals surface area contributed by atoms with Gasteiger partial charge in [-0.25, -0.2) is 28.0 Å². The van der Waals surface area contributed by atoms with Gasteiger partial charge in [0.1, 0.15) is 6.61 Å². The highest BCUT2D eigenvalue weighted by Gasteiger charge is 2.31. The summed E-state index contributed by atoms with van der Waals surface area (Å²) in [5.74, 6) is -14.5. The van der Waals surface area contributed by atoms with Gasteiger partial charge < -0.3 is 19.4 Å². The van der Waals surface area contributed by atoms with Crippen molar-refractivity contribution in [2.45, 2.75) is 25.4 Å². The molecule has 0 saturated heterocycles. The zero-order valence-electron chi connectivity index (χ0n) is 26.7. The average Bonchev–Trinajstić information content (AvgIpc) is 3.63. The fraction of sp³-hybridized carbons (Fsp3) is 0.194. The third kappa shape index (κ3) is 6.36. The van der Waals surface area contributed by atoms with Gasteiger partial charge in [-0.3, -0.25) is 9.59 Å². The monoisotopic (exact) mass is 692 g/mol. The first-order valence-corrected chi connectivity index (χ1v) is 15.3. The van der Waals surface area contributed by atoms with Crippen LogP contribution < -0.4 is 10.1 Å². The van der Waals surface area contributed by atoms with Gasteiger partial charge in [0, 0.05) is 48.8 Å². The smallest absolute Gasteiger partial charge is 0.424 e. The van der Waals surface area contributed by atoms with E-state index in [2.05, 4.69) is 10.1 Å². The second kappa shape index (κ2) is 14.0. The maximum atomic E-state index is 14.1. The number of aromatic nitrogens is 1. The number of amides is 2. The zero-order chi connectivity index (χ0) is 35.7. The standard InChI is InChI=1S/C36H29F5N4O5/c1-43(44(2)36(48)49-18-27-25-9-5-3-7-23(25)24-8-4-6-10-26(24)27)17-22-16-20-15-21(42-19-46)11-12-28(20)45(22)14-13-29(47)50-35-33(40)31(38)30(37)32(39)34(35)41/h3-12,15-16,19,27H,13-14,17-18H2,1-2H3,(H,42,46). The number of halogens is 5. The molecule has 6 rings (SSSR count). The van der Waals surface area contributed by atoms with E-state index < -0.39 is 53.3 Å². The molecule has 4 aromatic carbocycles. The molecular formula is C36H29F5N4O5. The quantitative estimate of drug-likeness (QED) is 0.0301. The number of hydrogen-bond acceptors (Lipinski definition) is 6. The predicted octanol–water partition coefficient (Wildman–Crippen LogP) is 7.13. The first-order chi connectivity index (χ1) is 24.0.